The summed E-state index contributed by atoms with van der Waals surface area (Å²) in [7, 11) is 2.76. The van der Waals surface area contributed by atoms with E-state index in [2.05, 4.69) is 10.1 Å². The molecule has 0 aliphatic carbocycles. The van der Waals surface area contributed by atoms with Gasteiger partial charge in [-0.15, -0.1) is 0 Å². The summed E-state index contributed by atoms with van der Waals surface area (Å²) in [5.74, 6) is -4.90. The monoisotopic (exact) mass is 313 g/mol. The highest BCUT2D eigenvalue weighted by molar-refractivity contribution is 5.33. The van der Waals surface area contributed by atoms with E-state index in [-0.39, 0.29) is 17.9 Å². The Hall–Kier alpha value is -1.41. The molecule has 0 bridgehead atoms. The van der Waals surface area contributed by atoms with E-state index in [1.165, 1.54) is 32.4 Å². The van der Waals surface area contributed by atoms with Gasteiger partial charge in [0.05, 0.1) is 19.8 Å². The van der Waals surface area contributed by atoms with Crippen LogP contribution in [0.4, 0.5) is 22.0 Å². The minimum Gasteiger partial charge on any atom is -0.494 e. The van der Waals surface area contributed by atoms with Gasteiger partial charge in [0.2, 0.25) is 0 Å². The normalized spacial score (nSPS) is 13.5. The molecule has 0 saturated heterocycles. The first kappa shape index (κ1) is 17.6. The minimum atomic E-state index is -4.23. The maximum absolute atomic E-state index is 14.0. The molecule has 1 N–H and O–H groups in total. The van der Waals surface area contributed by atoms with Gasteiger partial charge in [-0.05, 0) is 13.1 Å². The Morgan fingerprint density at radius 3 is 2.48 bits per heavy atom. The van der Waals surface area contributed by atoms with E-state index in [4.69, 9.17) is 4.74 Å². The summed E-state index contributed by atoms with van der Waals surface area (Å²) < 4.78 is 72.8. The van der Waals surface area contributed by atoms with Crippen molar-refractivity contribution in [3.8, 4) is 5.75 Å². The van der Waals surface area contributed by atoms with Crippen molar-refractivity contribution in [2.24, 2.45) is 0 Å². The molecule has 0 heterocycles. The predicted molar refractivity (Wildman–Crippen MR) is 66.5 cm³/mol. The summed E-state index contributed by atoms with van der Waals surface area (Å²) >= 11 is 0. The summed E-state index contributed by atoms with van der Waals surface area (Å²) in [6.07, 6.45) is -3.81. The molecule has 0 radical (unpaired) electrons. The molecule has 1 atom stereocenters. The summed E-state index contributed by atoms with van der Waals surface area (Å²) in [6, 6.07) is 3.58. The van der Waals surface area contributed by atoms with Gasteiger partial charge in [-0.25, -0.2) is 13.2 Å². The largest absolute Gasteiger partial charge is 0.494 e. The second-order valence-corrected chi connectivity index (χ2v) is 4.28. The smallest absolute Gasteiger partial charge is 0.330 e. The fraction of sp³-hybridized carbons (Fsp3) is 0.538. The standard InChI is InChI=1S/C13H16F5NO2/c1-19-9(6-21-7-13(17,18)12(15)16)8-4-3-5-10(20-2)11(8)14/h3-5,9,12,19H,6-7H2,1-2H3. The minimum absolute atomic E-state index is 0.00865. The molecule has 0 amide bonds. The molecule has 0 spiro atoms. The fourth-order valence-corrected chi connectivity index (χ4v) is 1.66. The maximum Gasteiger partial charge on any atom is 0.330 e. The highest BCUT2D eigenvalue weighted by Gasteiger charge is 2.41. The molecular formula is C13H16F5NO2. The van der Waals surface area contributed by atoms with Crippen LogP contribution in [0.2, 0.25) is 0 Å². The molecule has 1 unspecified atom stereocenters. The number of halogens is 5. The molecule has 3 nitrogen and oxygen atoms in total. The van der Waals surface area contributed by atoms with Crippen molar-refractivity contribution in [1.29, 1.82) is 0 Å². The predicted octanol–water partition coefficient (Wildman–Crippen LogP) is 3.01. The van der Waals surface area contributed by atoms with E-state index in [1.807, 2.05) is 0 Å². The third-order valence-corrected chi connectivity index (χ3v) is 2.84. The lowest BCUT2D eigenvalue weighted by molar-refractivity contribution is -0.167. The zero-order valence-corrected chi connectivity index (χ0v) is 11.5. The van der Waals surface area contributed by atoms with Crippen LogP contribution < -0.4 is 10.1 Å². The van der Waals surface area contributed by atoms with Gasteiger partial charge in [0.1, 0.15) is 6.61 Å². The number of likely N-dealkylation sites (N-methyl/N-ethyl adjacent to an activating group) is 1. The van der Waals surface area contributed by atoms with Crippen LogP contribution in [0.3, 0.4) is 0 Å². The topological polar surface area (TPSA) is 30.5 Å². The number of hydrogen-bond donors (Lipinski definition) is 1. The van der Waals surface area contributed by atoms with Crippen LogP contribution in [-0.4, -0.2) is 39.7 Å². The SMILES string of the molecule is CNC(COCC(F)(F)C(F)F)c1cccc(OC)c1F. The first-order chi connectivity index (χ1) is 9.83. The second kappa shape index (κ2) is 7.56. The van der Waals surface area contributed by atoms with Gasteiger partial charge in [0.15, 0.2) is 11.6 Å². The lowest BCUT2D eigenvalue weighted by Gasteiger charge is -2.21. The van der Waals surface area contributed by atoms with Crippen LogP contribution in [0.5, 0.6) is 5.75 Å². The van der Waals surface area contributed by atoms with Gasteiger partial charge in [0.25, 0.3) is 0 Å². The van der Waals surface area contributed by atoms with Gasteiger partial charge in [-0.1, -0.05) is 12.1 Å². The number of alkyl halides is 4. The first-order valence-corrected chi connectivity index (χ1v) is 6.06. The van der Waals surface area contributed by atoms with Crippen LogP contribution in [0, 0.1) is 5.82 Å². The lowest BCUT2D eigenvalue weighted by Crippen LogP contribution is -2.34. The van der Waals surface area contributed by atoms with E-state index in [0.29, 0.717) is 0 Å². The van der Waals surface area contributed by atoms with Crippen molar-refractivity contribution in [1.82, 2.24) is 5.32 Å². The summed E-state index contributed by atoms with van der Waals surface area (Å²) in [4.78, 5) is 0. The Kier molecular flexibility index (Phi) is 6.35. The third-order valence-electron chi connectivity index (χ3n) is 2.84. The maximum atomic E-state index is 14.0. The van der Waals surface area contributed by atoms with E-state index in [9.17, 15) is 22.0 Å². The molecule has 0 aromatic heterocycles. The van der Waals surface area contributed by atoms with Crippen LogP contribution >= 0.6 is 0 Å². The van der Waals surface area contributed by atoms with Crippen molar-refractivity contribution in [2.75, 3.05) is 27.4 Å². The molecular weight excluding hydrogens is 297 g/mol. The fourth-order valence-electron chi connectivity index (χ4n) is 1.66. The van der Waals surface area contributed by atoms with Crippen LogP contribution in [0.1, 0.15) is 11.6 Å². The number of hydrogen-bond acceptors (Lipinski definition) is 3. The van der Waals surface area contributed by atoms with Crippen molar-refractivity contribution in [3.05, 3.63) is 29.6 Å². The molecule has 0 aliphatic rings. The molecule has 1 aromatic rings. The Bertz CT molecular complexity index is 456. The van der Waals surface area contributed by atoms with E-state index < -0.39 is 30.8 Å². The zero-order chi connectivity index (χ0) is 16.0. The number of rotatable bonds is 8. The van der Waals surface area contributed by atoms with Crippen molar-refractivity contribution in [3.63, 3.8) is 0 Å². The average molecular weight is 313 g/mol. The van der Waals surface area contributed by atoms with Crippen LogP contribution in [-0.2, 0) is 4.74 Å². The van der Waals surface area contributed by atoms with E-state index in [0.717, 1.165) is 0 Å². The summed E-state index contributed by atoms with van der Waals surface area (Å²) in [5.41, 5.74) is 0.136. The molecule has 1 rings (SSSR count). The molecule has 1 aromatic carbocycles. The zero-order valence-electron chi connectivity index (χ0n) is 11.5. The van der Waals surface area contributed by atoms with Gasteiger partial charge >= 0.3 is 12.3 Å². The highest BCUT2D eigenvalue weighted by atomic mass is 19.3. The van der Waals surface area contributed by atoms with E-state index >= 15 is 0 Å². The van der Waals surface area contributed by atoms with E-state index in [1.54, 1.807) is 0 Å². The van der Waals surface area contributed by atoms with Gasteiger partial charge in [0, 0.05) is 5.56 Å². The molecule has 21 heavy (non-hydrogen) atoms. The Morgan fingerprint density at radius 2 is 1.95 bits per heavy atom. The summed E-state index contributed by atoms with van der Waals surface area (Å²) in [5, 5.41) is 2.67. The van der Waals surface area contributed by atoms with Gasteiger partial charge in [-0.2, -0.15) is 8.78 Å². The number of methoxy groups -OCH3 is 1. The number of ether oxygens (including phenoxy) is 2. The second-order valence-electron chi connectivity index (χ2n) is 4.28. The molecule has 0 aliphatic heterocycles. The average Bonchev–Trinajstić information content (AvgIpc) is 2.44. The third kappa shape index (κ3) is 4.53. The lowest BCUT2D eigenvalue weighted by atomic mass is 10.1. The van der Waals surface area contributed by atoms with Crippen molar-refractivity contribution >= 4 is 0 Å². The molecule has 0 saturated carbocycles. The Labute approximate surface area is 119 Å². The van der Waals surface area contributed by atoms with Crippen molar-refractivity contribution < 1.29 is 31.4 Å². The van der Waals surface area contributed by atoms with Crippen LogP contribution in [0.25, 0.3) is 0 Å². The van der Waals surface area contributed by atoms with Gasteiger partial charge in [-0.3, -0.25) is 0 Å². The number of benzene rings is 1. The first-order valence-electron chi connectivity index (χ1n) is 6.06. The Balaban J connectivity index is 2.72. The molecule has 120 valence electrons. The number of nitrogens with one attached hydrogen (secondary N) is 1. The highest BCUT2D eigenvalue weighted by Crippen LogP contribution is 2.27. The summed E-state index contributed by atoms with van der Waals surface area (Å²) in [6.45, 7) is -1.82. The quantitative estimate of drug-likeness (QED) is 0.749. The Morgan fingerprint density at radius 1 is 1.29 bits per heavy atom. The van der Waals surface area contributed by atoms with Crippen LogP contribution in [0.15, 0.2) is 18.2 Å². The molecule has 8 heteroatoms. The molecule has 0 fully saturated rings. The van der Waals surface area contributed by atoms with Crippen molar-refractivity contribution in [2.45, 2.75) is 18.4 Å². The van der Waals surface area contributed by atoms with Gasteiger partial charge < -0.3 is 14.8 Å².